The molecule has 0 radical (unpaired) electrons. The van der Waals surface area contributed by atoms with Crippen LogP contribution in [-0.4, -0.2) is 76.8 Å². The van der Waals surface area contributed by atoms with E-state index < -0.39 is 24.3 Å². The van der Waals surface area contributed by atoms with Crippen molar-refractivity contribution in [2.75, 3.05) is 19.6 Å². The van der Waals surface area contributed by atoms with Gasteiger partial charge in [-0.3, -0.25) is 14.5 Å². The Morgan fingerprint density at radius 3 is 1.81 bits per heavy atom. The zero-order chi connectivity index (χ0) is 35.4. The number of halogens is 6. The summed E-state index contributed by atoms with van der Waals surface area (Å²) in [4.78, 5) is 44.4. The number of benzene rings is 3. The van der Waals surface area contributed by atoms with Gasteiger partial charge in [-0.25, -0.2) is 9.59 Å². The normalized spacial score (nSPS) is 14.9. The zero-order valence-electron chi connectivity index (χ0n) is 25.3. The van der Waals surface area contributed by atoms with Crippen molar-refractivity contribution < 1.29 is 55.7 Å². The third-order valence-corrected chi connectivity index (χ3v) is 6.52. The second-order valence-electron chi connectivity index (χ2n) is 10.4. The maximum absolute atomic E-state index is 12.6. The number of carboxylic acids is 2. The van der Waals surface area contributed by atoms with E-state index in [1.54, 1.807) is 24.3 Å². The lowest BCUT2D eigenvalue weighted by Crippen LogP contribution is -2.48. The number of nitrogens with zero attached hydrogens (tertiary/aromatic N) is 1. The topological polar surface area (TPSA) is 136 Å². The lowest BCUT2D eigenvalue weighted by Gasteiger charge is -2.31. The van der Waals surface area contributed by atoms with E-state index in [-0.39, 0.29) is 11.7 Å². The fourth-order valence-corrected chi connectivity index (χ4v) is 4.29. The number of aliphatic carboxylic acids is 2. The van der Waals surface area contributed by atoms with E-state index in [4.69, 9.17) is 19.8 Å². The van der Waals surface area contributed by atoms with Gasteiger partial charge in [0.15, 0.2) is 5.78 Å². The van der Waals surface area contributed by atoms with Gasteiger partial charge in [0.2, 0.25) is 0 Å². The van der Waals surface area contributed by atoms with Crippen LogP contribution >= 0.6 is 0 Å². The first-order chi connectivity index (χ1) is 21.9. The van der Waals surface area contributed by atoms with Gasteiger partial charge < -0.3 is 20.8 Å². The molecule has 254 valence electrons. The number of Topliss-reactive ketones (excluding diaryl/α,β-unsaturated/α-hetero) is 1. The number of amides is 1. The number of carboxylic acid groups (broad SMARTS) is 2. The lowest BCUT2D eigenvalue weighted by molar-refractivity contribution is -0.193. The van der Waals surface area contributed by atoms with E-state index in [0.717, 1.165) is 37.3 Å². The molecule has 0 spiro atoms. The van der Waals surface area contributed by atoms with E-state index in [1.165, 1.54) is 18.1 Å². The van der Waals surface area contributed by atoms with Crippen LogP contribution in [0.3, 0.4) is 0 Å². The van der Waals surface area contributed by atoms with Crippen molar-refractivity contribution in [1.82, 2.24) is 15.5 Å². The van der Waals surface area contributed by atoms with Gasteiger partial charge >= 0.3 is 24.3 Å². The summed E-state index contributed by atoms with van der Waals surface area (Å²) in [5.74, 6) is -5.75. The van der Waals surface area contributed by atoms with Gasteiger partial charge in [-0.15, -0.1) is 0 Å². The molecule has 3 aromatic rings. The molecule has 47 heavy (non-hydrogen) atoms. The molecule has 3 aromatic carbocycles. The summed E-state index contributed by atoms with van der Waals surface area (Å²) in [7, 11) is 0. The number of alkyl halides is 6. The average Bonchev–Trinajstić information content (AvgIpc) is 3.00. The van der Waals surface area contributed by atoms with Crippen molar-refractivity contribution in [3.05, 3.63) is 95.1 Å². The fraction of sp³-hybridized carbons (Fsp3) is 0.312. The summed E-state index contributed by atoms with van der Waals surface area (Å²) in [6.45, 7) is 8.28. The molecule has 1 aliphatic rings. The first-order valence-electron chi connectivity index (χ1n) is 14.0. The number of ketones is 1. The van der Waals surface area contributed by atoms with E-state index in [1.807, 2.05) is 12.1 Å². The molecule has 0 bridgehead atoms. The van der Waals surface area contributed by atoms with Gasteiger partial charge in [0.25, 0.3) is 5.91 Å². The van der Waals surface area contributed by atoms with Crippen LogP contribution in [0.5, 0.6) is 0 Å². The third kappa shape index (κ3) is 13.6. The predicted octanol–water partition coefficient (Wildman–Crippen LogP) is 5.55. The molecule has 1 unspecified atom stereocenters. The fourth-order valence-electron chi connectivity index (χ4n) is 4.29. The quantitative estimate of drug-likeness (QED) is 0.190. The number of hydrogen-bond donors (Lipinski definition) is 4. The maximum atomic E-state index is 12.6. The first kappa shape index (κ1) is 38.4. The molecule has 9 nitrogen and oxygen atoms in total. The van der Waals surface area contributed by atoms with Crippen LogP contribution < -0.4 is 10.6 Å². The number of nitrogens with one attached hydrogen (secondary N) is 2. The van der Waals surface area contributed by atoms with Crippen LogP contribution in [0.1, 0.15) is 45.7 Å². The average molecular weight is 670 g/mol. The minimum Gasteiger partial charge on any atom is -0.475 e. The van der Waals surface area contributed by atoms with Gasteiger partial charge in [-0.1, -0.05) is 48.5 Å². The molecule has 0 aromatic heterocycles. The number of carbonyl (C=O) groups excluding carboxylic acids is 2. The SMILES string of the molecule is CC(=O)c1cccc(C(=O)NCc2cccc(-c3cccc(CN4CCNC(C)C4)c3)c2)c1.O=C(O)C(F)(F)F.O=C(O)C(F)(F)F. The van der Waals surface area contributed by atoms with Crippen molar-refractivity contribution in [3.8, 4) is 11.1 Å². The predicted molar refractivity (Wildman–Crippen MR) is 160 cm³/mol. The molecule has 1 fully saturated rings. The number of piperazine rings is 1. The van der Waals surface area contributed by atoms with Crippen LogP contribution in [0.4, 0.5) is 26.3 Å². The molecule has 4 N–H and O–H groups in total. The zero-order valence-corrected chi connectivity index (χ0v) is 25.3. The molecule has 1 atom stereocenters. The monoisotopic (exact) mass is 669 g/mol. The molecule has 1 heterocycles. The van der Waals surface area contributed by atoms with Crippen LogP contribution in [0, 0.1) is 0 Å². The van der Waals surface area contributed by atoms with Gasteiger partial charge in [-0.05, 0) is 60.4 Å². The first-order valence-corrected chi connectivity index (χ1v) is 14.0. The minimum absolute atomic E-state index is 0.0500. The summed E-state index contributed by atoms with van der Waals surface area (Å²) in [5, 5.41) is 20.7. The molecule has 1 amide bonds. The van der Waals surface area contributed by atoms with E-state index in [9.17, 15) is 35.9 Å². The van der Waals surface area contributed by atoms with E-state index in [0.29, 0.717) is 23.7 Å². The van der Waals surface area contributed by atoms with Crippen molar-refractivity contribution in [2.45, 2.75) is 45.3 Å². The third-order valence-electron chi connectivity index (χ3n) is 6.52. The molecule has 0 saturated carbocycles. The summed E-state index contributed by atoms with van der Waals surface area (Å²) >= 11 is 0. The van der Waals surface area contributed by atoms with E-state index >= 15 is 0 Å². The van der Waals surface area contributed by atoms with Gasteiger partial charge in [0.1, 0.15) is 0 Å². The second-order valence-corrected chi connectivity index (χ2v) is 10.4. The second kappa shape index (κ2) is 17.2. The molecular weight excluding hydrogens is 636 g/mol. The summed E-state index contributed by atoms with van der Waals surface area (Å²) in [6.07, 6.45) is -10.2. The number of hydrogen-bond acceptors (Lipinski definition) is 6. The molecular formula is C32H33F6N3O6. The Hall–Kier alpha value is -4.76. The Bertz CT molecular complexity index is 1520. The van der Waals surface area contributed by atoms with Gasteiger partial charge in [-0.2, -0.15) is 26.3 Å². The Kier molecular flexibility index (Phi) is 14.1. The minimum atomic E-state index is -5.08. The molecule has 1 aliphatic heterocycles. The molecule has 0 aliphatic carbocycles. The Morgan fingerprint density at radius 2 is 1.30 bits per heavy atom. The summed E-state index contributed by atoms with van der Waals surface area (Å²) < 4.78 is 63.5. The smallest absolute Gasteiger partial charge is 0.475 e. The summed E-state index contributed by atoms with van der Waals surface area (Å²) in [6, 6.07) is 24.3. The molecule has 1 saturated heterocycles. The Balaban J connectivity index is 0.000000459. The maximum Gasteiger partial charge on any atom is 0.490 e. The Labute approximate surface area is 266 Å². The highest BCUT2D eigenvalue weighted by Gasteiger charge is 2.38. The van der Waals surface area contributed by atoms with Crippen molar-refractivity contribution in [2.24, 2.45) is 0 Å². The number of rotatable bonds is 7. The highest BCUT2D eigenvalue weighted by molar-refractivity contribution is 5.99. The highest BCUT2D eigenvalue weighted by atomic mass is 19.4. The van der Waals surface area contributed by atoms with Crippen LogP contribution in [0.25, 0.3) is 11.1 Å². The molecule has 4 rings (SSSR count). The number of carbonyl (C=O) groups is 4. The van der Waals surface area contributed by atoms with Crippen LogP contribution in [-0.2, 0) is 22.7 Å². The summed E-state index contributed by atoms with van der Waals surface area (Å²) in [5.41, 5.74) is 5.69. The van der Waals surface area contributed by atoms with Crippen molar-refractivity contribution in [1.29, 1.82) is 0 Å². The van der Waals surface area contributed by atoms with Crippen molar-refractivity contribution in [3.63, 3.8) is 0 Å². The van der Waals surface area contributed by atoms with Crippen LogP contribution in [0.2, 0.25) is 0 Å². The van der Waals surface area contributed by atoms with Crippen LogP contribution in [0.15, 0.2) is 72.8 Å². The Morgan fingerprint density at radius 1 is 0.809 bits per heavy atom. The van der Waals surface area contributed by atoms with Crippen molar-refractivity contribution >= 4 is 23.6 Å². The largest absolute Gasteiger partial charge is 0.490 e. The van der Waals surface area contributed by atoms with Gasteiger partial charge in [0, 0.05) is 49.9 Å². The lowest BCUT2D eigenvalue weighted by atomic mass is 10.0. The van der Waals surface area contributed by atoms with Gasteiger partial charge in [0.05, 0.1) is 0 Å². The standard InChI is InChI=1S/C28H31N3O2.2C2HF3O2/c1-20-18-31(13-12-29-20)19-23-7-4-10-26(15-23)25-9-3-6-22(14-25)17-30-28(33)27-11-5-8-24(16-27)21(2)32;2*3-2(4,5)1(6)7/h3-11,14-16,20,29H,12-13,17-19H2,1-2H3,(H,30,33);2*(H,6,7). The molecule has 15 heteroatoms. The van der Waals surface area contributed by atoms with E-state index in [2.05, 4.69) is 58.9 Å². The highest BCUT2D eigenvalue weighted by Crippen LogP contribution is 2.23.